The Hall–Kier alpha value is -3.14. The molecule has 0 aromatic heterocycles. The van der Waals surface area contributed by atoms with Crippen molar-refractivity contribution in [3.8, 4) is 0 Å². The summed E-state index contributed by atoms with van der Waals surface area (Å²) < 4.78 is 0. The van der Waals surface area contributed by atoms with E-state index < -0.39 is 0 Å². The van der Waals surface area contributed by atoms with E-state index in [1.807, 2.05) is 66.7 Å². The van der Waals surface area contributed by atoms with Gasteiger partial charge < -0.3 is 10.6 Å². The molecule has 2 N–H and O–H groups in total. The predicted molar refractivity (Wildman–Crippen MR) is 103 cm³/mol. The highest BCUT2D eigenvalue weighted by molar-refractivity contribution is 6.08. The average Bonchev–Trinajstić information content (AvgIpc) is 3.52. The molecular formula is C22H20N2O2. The number of benzene rings is 3. The van der Waals surface area contributed by atoms with Crippen LogP contribution in [0.5, 0.6) is 0 Å². The number of carbonyl (C=O) groups excluding carboxylic acids is 2. The van der Waals surface area contributed by atoms with Gasteiger partial charge in [-0.2, -0.15) is 0 Å². The predicted octanol–water partition coefficient (Wildman–Crippen LogP) is 4.12. The number of nitrogens with one attached hydrogen (secondary N) is 2. The van der Waals surface area contributed by atoms with E-state index in [-0.39, 0.29) is 17.7 Å². The summed E-state index contributed by atoms with van der Waals surface area (Å²) in [5.41, 5.74) is 2.10. The summed E-state index contributed by atoms with van der Waals surface area (Å²) in [6.07, 6.45) is 1.85. The first kappa shape index (κ1) is 16.3. The van der Waals surface area contributed by atoms with E-state index in [0.717, 1.165) is 29.2 Å². The van der Waals surface area contributed by atoms with Crippen molar-refractivity contribution in [3.63, 3.8) is 0 Å². The second-order valence-corrected chi connectivity index (χ2v) is 6.68. The van der Waals surface area contributed by atoms with Crippen LogP contribution in [0.1, 0.15) is 28.8 Å². The van der Waals surface area contributed by atoms with E-state index >= 15 is 0 Å². The van der Waals surface area contributed by atoms with Crippen LogP contribution in [0.4, 0.5) is 5.69 Å². The number of rotatable bonds is 5. The molecule has 1 fully saturated rings. The van der Waals surface area contributed by atoms with E-state index in [1.165, 1.54) is 0 Å². The lowest BCUT2D eigenvalue weighted by molar-refractivity contribution is -0.117. The van der Waals surface area contributed by atoms with Crippen molar-refractivity contribution in [1.82, 2.24) is 5.32 Å². The molecule has 0 atom stereocenters. The molecule has 1 aliphatic carbocycles. The number of carbonyl (C=O) groups is 2. The topological polar surface area (TPSA) is 58.2 Å². The van der Waals surface area contributed by atoms with Gasteiger partial charge in [0.15, 0.2) is 0 Å². The summed E-state index contributed by atoms with van der Waals surface area (Å²) in [5, 5.41) is 7.86. The van der Waals surface area contributed by atoms with Crippen LogP contribution in [0.15, 0.2) is 66.7 Å². The Balaban J connectivity index is 1.62. The lowest BCUT2D eigenvalue weighted by Gasteiger charge is -2.13. The fourth-order valence-corrected chi connectivity index (χ4v) is 2.99. The maximum atomic E-state index is 12.8. The molecule has 26 heavy (non-hydrogen) atoms. The Labute approximate surface area is 152 Å². The smallest absolute Gasteiger partial charge is 0.253 e. The van der Waals surface area contributed by atoms with Gasteiger partial charge in [-0.25, -0.2) is 0 Å². The molecule has 0 saturated heterocycles. The van der Waals surface area contributed by atoms with Crippen molar-refractivity contribution in [2.45, 2.75) is 19.4 Å². The molecule has 4 rings (SSSR count). The highest BCUT2D eigenvalue weighted by Crippen LogP contribution is 2.32. The minimum absolute atomic E-state index is 0.00242. The Morgan fingerprint density at radius 1 is 0.885 bits per heavy atom. The summed E-state index contributed by atoms with van der Waals surface area (Å²) in [6.45, 7) is 0.447. The van der Waals surface area contributed by atoms with E-state index in [2.05, 4.69) is 10.6 Å². The van der Waals surface area contributed by atoms with Crippen LogP contribution in [0.3, 0.4) is 0 Å². The van der Waals surface area contributed by atoms with Crippen molar-refractivity contribution in [2.75, 3.05) is 5.32 Å². The summed E-state index contributed by atoms with van der Waals surface area (Å²) >= 11 is 0. The van der Waals surface area contributed by atoms with Crippen LogP contribution in [0.2, 0.25) is 0 Å². The maximum absolute atomic E-state index is 12.8. The normalized spacial score (nSPS) is 13.4. The molecule has 4 heteroatoms. The molecule has 0 bridgehead atoms. The summed E-state index contributed by atoms with van der Waals surface area (Å²) in [4.78, 5) is 25.0. The molecule has 0 unspecified atom stereocenters. The molecule has 130 valence electrons. The van der Waals surface area contributed by atoms with Crippen LogP contribution in [-0.2, 0) is 11.3 Å². The van der Waals surface area contributed by atoms with Crippen molar-refractivity contribution in [3.05, 3.63) is 77.9 Å². The van der Waals surface area contributed by atoms with Gasteiger partial charge in [0, 0.05) is 12.5 Å². The molecule has 1 aliphatic rings. The van der Waals surface area contributed by atoms with Crippen LogP contribution in [-0.4, -0.2) is 11.8 Å². The minimum Gasteiger partial charge on any atom is -0.348 e. The summed E-state index contributed by atoms with van der Waals surface area (Å²) in [7, 11) is 0. The lowest BCUT2D eigenvalue weighted by Crippen LogP contribution is -2.25. The average molecular weight is 344 g/mol. The third kappa shape index (κ3) is 3.59. The molecule has 0 heterocycles. The van der Waals surface area contributed by atoms with Crippen molar-refractivity contribution >= 4 is 28.3 Å². The van der Waals surface area contributed by atoms with Crippen LogP contribution in [0, 0.1) is 5.92 Å². The van der Waals surface area contributed by atoms with E-state index in [9.17, 15) is 9.59 Å². The van der Waals surface area contributed by atoms with Crippen LogP contribution < -0.4 is 10.6 Å². The highest BCUT2D eigenvalue weighted by Gasteiger charge is 2.30. The molecule has 3 aromatic rings. The fraction of sp³-hybridized carbons (Fsp3) is 0.182. The quantitative estimate of drug-likeness (QED) is 0.731. The van der Waals surface area contributed by atoms with E-state index in [1.54, 1.807) is 0 Å². The van der Waals surface area contributed by atoms with Gasteiger partial charge in [-0.05, 0) is 41.3 Å². The molecule has 4 nitrogen and oxygen atoms in total. The monoisotopic (exact) mass is 344 g/mol. The Morgan fingerprint density at radius 3 is 2.23 bits per heavy atom. The number of hydrogen-bond acceptors (Lipinski definition) is 2. The fourth-order valence-electron chi connectivity index (χ4n) is 2.99. The lowest BCUT2D eigenvalue weighted by atomic mass is 10.0. The second kappa shape index (κ2) is 7.00. The van der Waals surface area contributed by atoms with Gasteiger partial charge in [0.25, 0.3) is 5.91 Å². The summed E-state index contributed by atoms with van der Waals surface area (Å²) in [5.74, 6) is -0.107. The first-order chi connectivity index (χ1) is 12.7. The first-order valence-corrected chi connectivity index (χ1v) is 8.86. The Kier molecular flexibility index (Phi) is 4.40. The molecule has 3 aromatic carbocycles. The van der Waals surface area contributed by atoms with Crippen molar-refractivity contribution in [2.24, 2.45) is 5.92 Å². The van der Waals surface area contributed by atoms with Gasteiger partial charge in [-0.1, -0.05) is 54.6 Å². The van der Waals surface area contributed by atoms with Crippen LogP contribution in [0.25, 0.3) is 10.8 Å². The number of anilines is 1. The van der Waals surface area contributed by atoms with Gasteiger partial charge >= 0.3 is 0 Å². The molecular weight excluding hydrogens is 324 g/mol. The van der Waals surface area contributed by atoms with Gasteiger partial charge in [-0.15, -0.1) is 0 Å². The zero-order valence-electron chi connectivity index (χ0n) is 14.4. The Bertz CT molecular complexity index is 962. The van der Waals surface area contributed by atoms with Crippen molar-refractivity contribution < 1.29 is 9.59 Å². The number of fused-ring (bicyclic) bond motifs is 1. The summed E-state index contributed by atoms with van der Waals surface area (Å²) in [6, 6.07) is 21.3. The number of amides is 2. The molecule has 0 aliphatic heterocycles. The second-order valence-electron chi connectivity index (χ2n) is 6.68. The Morgan fingerprint density at radius 2 is 1.54 bits per heavy atom. The van der Waals surface area contributed by atoms with Gasteiger partial charge in [0.05, 0.1) is 11.3 Å². The third-order valence-corrected chi connectivity index (χ3v) is 4.63. The van der Waals surface area contributed by atoms with E-state index in [0.29, 0.717) is 17.8 Å². The minimum atomic E-state index is -0.189. The SMILES string of the molecule is O=C(NCc1ccccc1)c1cc2ccccc2cc1NC(=O)C1CC1. The number of hydrogen-bond donors (Lipinski definition) is 2. The van der Waals surface area contributed by atoms with E-state index in [4.69, 9.17) is 0 Å². The van der Waals surface area contributed by atoms with Gasteiger partial charge in [0.2, 0.25) is 5.91 Å². The third-order valence-electron chi connectivity index (χ3n) is 4.63. The van der Waals surface area contributed by atoms with Gasteiger partial charge in [0.1, 0.15) is 0 Å². The molecule has 0 spiro atoms. The molecule has 2 amide bonds. The maximum Gasteiger partial charge on any atom is 0.253 e. The highest BCUT2D eigenvalue weighted by atomic mass is 16.2. The van der Waals surface area contributed by atoms with Crippen molar-refractivity contribution in [1.29, 1.82) is 0 Å². The zero-order chi connectivity index (χ0) is 17.9. The molecule has 1 saturated carbocycles. The largest absolute Gasteiger partial charge is 0.348 e. The standard InChI is InChI=1S/C22H20N2O2/c25-21(16-10-11-16)24-20-13-18-9-5-4-8-17(18)12-19(20)22(26)23-14-15-6-2-1-3-7-15/h1-9,12-13,16H,10-11,14H2,(H,23,26)(H,24,25). The van der Waals surface area contributed by atoms with Crippen LogP contribution >= 0.6 is 0 Å². The van der Waals surface area contributed by atoms with Gasteiger partial charge in [-0.3, -0.25) is 9.59 Å². The first-order valence-electron chi connectivity index (χ1n) is 8.86. The molecule has 0 radical (unpaired) electrons. The zero-order valence-corrected chi connectivity index (χ0v) is 14.4.